The summed E-state index contributed by atoms with van der Waals surface area (Å²) in [6, 6.07) is 8.30. The minimum absolute atomic E-state index is 0.331. The van der Waals surface area contributed by atoms with E-state index >= 15 is 0 Å². The van der Waals surface area contributed by atoms with Crippen molar-refractivity contribution in [1.29, 1.82) is 0 Å². The van der Waals surface area contributed by atoms with Gasteiger partial charge in [-0.2, -0.15) is 0 Å². The zero-order chi connectivity index (χ0) is 13.2. The summed E-state index contributed by atoms with van der Waals surface area (Å²) in [5.74, 6) is -0.879. The van der Waals surface area contributed by atoms with Crippen molar-refractivity contribution in [3.8, 4) is 0 Å². The minimum Gasteiger partial charge on any atom is -0.478 e. The van der Waals surface area contributed by atoms with Crippen LogP contribution in [-0.2, 0) is 0 Å². The molecule has 0 atom stereocenters. The van der Waals surface area contributed by atoms with E-state index in [9.17, 15) is 4.79 Å². The quantitative estimate of drug-likeness (QED) is 0.889. The summed E-state index contributed by atoms with van der Waals surface area (Å²) in [4.78, 5) is 12.5. The van der Waals surface area contributed by atoms with Crippen molar-refractivity contribution in [2.24, 2.45) is 0 Å². The molecule has 0 saturated carbocycles. The molecule has 1 aliphatic heterocycles. The van der Waals surface area contributed by atoms with Crippen LogP contribution in [0.3, 0.4) is 0 Å². The molecule has 96 valence electrons. The van der Waals surface area contributed by atoms with Crippen LogP contribution in [0.2, 0.25) is 0 Å². The standard InChI is InChI=1S/C8H13N.C7H6O2/c1-2-6-9-7-4-3-5-8-9;8-7(9)6-4-2-1-3-5-6/h3-5,7H,2,6,8H2,1H3;1-5H,(H,8,9). The Balaban J connectivity index is 0.000000180. The van der Waals surface area contributed by atoms with Crippen molar-refractivity contribution in [3.05, 3.63) is 60.3 Å². The van der Waals surface area contributed by atoms with Crippen molar-refractivity contribution in [3.63, 3.8) is 0 Å². The van der Waals surface area contributed by atoms with Crippen LogP contribution >= 0.6 is 0 Å². The maximum Gasteiger partial charge on any atom is 0.335 e. The van der Waals surface area contributed by atoms with E-state index in [2.05, 4.69) is 36.3 Å². The van der Waals surface area contributed by atoms with Crippen molar-refractivity contribution in [1.82, 2.24) is 4.90 Å². The molecule has 0 aromatic heterocycles. The number of hydrogen-bond donors (Lipinski definition) is 1. The first-order chi connectivity index (χ1) is 8.74. The fourth-order valence-electron chi connectivity index (χ4n) is 1.54. The Labute approximate surface area is 108 Å². The van der Waals surface area contributed by atoms with E-state index in [1.807, 2.05) is 0 Å². The molecule has 0 bridgehead atoms. The lowest BCUT2D eigenvalue weighted by Crippen LogP contribution is -2.19. The van der Waals surface area contributed by atoms with Gasteiger partial charge in [-0.1, -0.05) is 37.3 Å². The first kappa shape index (κ1) is 14.0. The summed E-state index contributed by atoms with van der Waals surface area (Å²) in [6.07, 6.45) is 9.72. The highest BCUT2D eigenvalue weighted by molar-refractivity contribution is 5.87. The number of benzene rings is 1. The second kappa shape index (κ2) is 8.12. The van der Waals surface area contributed by atoms with Crippen molar-refractivity contribution < 1.29 is 9.90 Å². The summed E-state index contributed by atoms with van der Waals surface area (Å²) < 4.78 is 0. The number of carbonyl (C=O) groups is 1. The lowest BCUT2D eigenvalue weighted by Gasteiger charge is -2.18. The van der Waals surface area contributed by atoms with Gasteiger partial charge in [-0.25, -0.2) is 4.79 Å². The average Bonchev–Trinajstić information content (AvgIpc) is 2.42. The van der Waals surface area contributed by atoms with Crippen LogP contribution in [0.1, 0.15) is 23.7 Å². The minimum atomic E-state index is -0.879. The van der Waals surface area contributed by atoms with Gasteiger partial charge < -0.3 is 10.0 Å². The molecule has 2 rings (SSSR count). The molecule has 0 spiro atoms. The van der Waals surface area contributed by atoms with E-state index in [-0.39, 0.29) is 0 Å². The fourth-order valence-corrected chi connectivity index (χ4v) is 1.54. The van der Waals surface area contributed by atoms with Crippen molar-refractivity contribution >= 4 is 5.97 Å². The van der Waals surface area contributed by atoms with Crippen LogP contribution in [0.15, 0.2) is 54.8 Å². The fraction of sp³-hybridized carbons (Fsp3) is 0.267. The van der Waals surface area contributed by atoms with Gasteiger partial charge in [0.25, 0.3) is 0 Å². The molecule has 1 aliphatic rings. The van der Waals surface area contributed by atoms with Gasteiger partial charge in [-0.15, -0.1) is 0 Å². The van der Waals surface area contributed by atoms with Crippen LogP contribution in [0.25, 0.3) is 0 Å². The van der Waals surface area contributed by atoms with Gasteiger partial charge in [-0.05, 0) is 30.8 Å². The van der Waals surface area contributed by atoms with Crippen LogP contribution in [0.5, 0.6) is 0 Å². The number of aromatic carboxylic acids is 1. The van der Waals surface area contributed by atoms with Crippen LogP contribution in [-0.4, -0.2) is 29.1 Å². The van der Waals surface area contributed by atoms with Gasteiger partial charge in [0, 0.05) is 13.1 Å². The van der Waals surface area contributed by atoms with Crippen molar-refractivity contribution in [2.75, 3.05) is 13.1 Å². The van der Waals surface area contributed by atoms with E-state index in [0.717, 1.165) is 6.54 Å². The molecule has 0 aliphatic carbocycles. The third-order valence-corrected chi connectivity index (χ3v) is 2.42. The summed E-state index contributed by atoms with van der Waals surface area (Å²) in [5.41, 5.74) is 0.331. The molecule has 0 unspecified atom stereocenters. The third kappa shape index (κ3) is 5.34. The van der Waals surface area contributed by atoms with Gasteiger partial charge in [0.05, 0.1) is 5.56 Å². The van der Waals surface area contributed by atoms with E-state index in [1.165, 1.54) is 13.0 Å². The molecule has 0 radical (unpaired) electrons. The molecule has 1 aromatic carbocycles. The molecule has 1 N–H and O–H groups in total. The predicted molar refractivity (Wildman–Crippen MR) is 73.5 cm³/mol. The summed E-state index contributed by atoms with van der Waals surface area (Å²) in [6.45, 7) is 4.47. The first-order valence-corrected chi connectivity index (χ1v) is 6.09. The van der Waals surface area contributed by atoms with Crippen LogP contribution in [0, 0.1) is 0 Å². The monoisotopic (exact) mass is 245 g/mol. The summed E-state index contributed by atoms with van der Waals surface area (Å²) >= 11 is 0. The molecule has 1 aromatic rings. The van der Waals surface area contributed by atoms with E-state index in [1.54, 1.807) is 30.3 Å². The number of nitrogens with zero attached hydrogens (tertiary/aromatic N) is 1. The second-order valence-corrected chi connectivity index (χ2v) is 3.94. The van der Waals surface area contributed by atoms with Gasteiger partial charge in [0.15, 0.2) is 0 Å². The Kier molecular flexibility index (Phi) is 6.33. The van der Waals surface area contributed by atoms with Gasteiger partial charge in [-0.3, -0.25) is 0 Å². The zero-order valence-electron chi connectivity index (χ0n) is 10.6. The van der Waals surface area contributed by atoms with Crippen LogP contribution in [0.4, 0.5) is 0 Å². The number of carboxylic acids is 1. The normalized spacial score (nSPS) is 12.8. The van der Waals surface area contributed by atoms with E-state index < -0.39 is 5.97 Å². The third-order valence-electron chi connectivity index (χ3n) is 2.42. The molecular formula is C15H19NO2. The Morgan fingerprint density at radius 2 is 2.00 bits per heavy atom. The number of hydrogen-bond acceptors (Lipinski definition) is 2. The Bertz CT molecular complexity index is 410. The second-order valence-electron chi connectivity index (χ2n) is 3.94. The Morgan fingerprint density at radius 1 is 1.28 bits per heavy atom. The molecular weight excluding hydrogens is 226 g/mol. The molecule has 3 nitrogen and oxygen atoms in total. The topological polar surface area (TPSA) is 40.5 Å². The summed E-state index contributed by atoms with van der Waals surface area (Å²) in [7, 11) is 0. The van der Waals surface area contributed by atoms with Gasteiger partial charge in [0.2, 0.25) is 0 Å². The predicted octanol–water partition coefficient (Wildman–Crippen LogP) is 3.17. The Hall–Kier alpha value is -2.03. The molecule has 0 fully saturated rings. The maximum atomic E-state index is 10.2. The number of allylic oxidation sites excluding steroid dienone is 2. The van der Waals surface area contributed by atoms with E-state index in [4.69, 9.17) is 5.11 Å². The maximum absolute atomic E-state index is 10.2. The SMILES string of the molecule is CCCN1C=CC=CC1.O=C(O)c1ccccc1. The molecule has 18 heavy (non-hydrogen) atoms. The highest BCUT2D eigenvalue weighted by Crippen LogP contribution is 1.98. The zero-order valence-corrected chi connectivity index (χ0v) is 10.6. The molecule has 0 amide bonds. The van der Waals surface area contributed by atoms with Gasteiger partial charge in [0.1, 0.15) is 0 Å². The molecule has 1 heterocycles. The summed E-state index contributed by atoms with van der Waals surface area (Å²) in [5, 5.41) is 8.38. The first-order valence-electron chi connectivity index (χ1n) is 6.09. The highest BCUT2D eigenvalue weighted by atomic mass is 16.4. The molecule has 3 heteroatoms. The van der Waals surface area contributed by atoms with Crippen LogP contribution < -0.4 is 0 Å². The average molecular weight is 245 g/mol. The number of rotatable bonds is 3. The highest BCUT2D eigenvalue weighted by Gasteiger charge is 1.96. The van der Waals surface area contributed by atoms with Gasteiger partial charge >= 0.3 is 5.97 Å². The molecule has 0 saturated heterocycles. The number of carboxylic acid groups (broad SMARTS) is 1. The lowest BCUT2D eigenvalue weighted by atomic mass is 10.2. The lowest BCUT2D eigenvalue weighted by molar-refractivity contribution is 0.0697. The van der Waals surface area contributed by atoms with E-state index in [0.29, 0.717) is 5.56 Å². The Morgan fingerprint density at radius 3 is 2.44 bits per heavy atom. The smallest absolute Gasteiger partial charge is 0.335 e. The van der Waals surface area contributed by atoms with Crippen molar-refractivity contribution in [2.45, 2.75) is 13.3 Å². The largest absolute Gasteiger partial charge is 0.478 e.